The first-order valence-electron chi connectivity index (χ1n) is 5.91. The highest BCUT2D eigenvalue weighted by atomic mass is 16.1. The molecule has 0 radical (unpaired) electrons. The van der Waals surface area contributed by atoms with Crippen LogP contribution >= 0.6 is 0 Å². The molecule has 1 heterocycles. The van der Waals surface area contributed by atoms with Gasteiger partial charge in [0, 0.05) is 24.4 Å². The molecule has 0 atom stereocenters. The van der Waals surface area contributed by atoms with Crippen molar-refractivity contribution in [1.82, 2.24) is 4.57 Å². The lowest BCUT2D eigenvalue weighted by Crippen LogP contribution is -2.24. The molecular weight excluding hydrogens is 256 g/mol. The standard InChI is InChI=1S/C14H14N4O2/c1-9(19)12-6-3-7-18(12)11-5-2-4-10(8-11)13(20)17-14(15)16/h2-8H,1H3,(H4,15,16,17,20). The number of carbonyl (C=O) groups excluding carboxylic acids is 2. The molecule has 0 fully saturated rings. The molecule has 6 heteroatoms. The molecular formula is C14H14N4O2. The number of aliphatic imine (C=N–C) groups is 1. The molecule has 20 heavy (non-hydrogen) atoms. The summed E-state index contributed by atoms with van der Waals surface area (Å²) in [6.45, 7) is 1.49. The van der Waals surface area contributed by atoms with Gasteiger partial charge in [-0.1, -0.05) is 6.07 Å². The van der Waals surface area contributed by atoms with Crippen molar-refractivity contribution in [2.75, 3.05) is 0 Å². The van der Waals surface area contributed by atoms with Gasteiger partial charge in [0.2, 0.25) is 0 Å². The summed E-state index contributed by atoms with van der Waals surface area (Å²) in [7, 11) is 0. The van der Waals surface area contributed by atoms with Crippen LogP contribution < -0.4 is 11.5 Å². The zero-order chi connectivity index (χ0) is 14.7. The molecule has 1 aromatic heterocycles. The molecule has 1 aromatic carbocycles. The smallest absolute Gasteiger partial charge is 0.280 e. The summed E-state index contributed by atoms with van der Waals surface area (Å²) in [5, 5.41) is 0. The second-order valence-electron chi connectivity index (χ2n) is 4.21. The third kappa shape index (κ3) is 2.74. The van der Waals surface area contributed by atoms with E-state index in [-0.39, 0.29) is 11.7 Å². The van der Waals surface area contributed by atoms with Crippen molar-refractivity contribution in [3.05, 3.63) is 53.9 Å². The van der Waals surface area contributed by atoms with Gasteiger partial charge in [0.05, 0.1) is 5.69 Å². The van der Waals surface area contributed by atoms with Gasteiger partial charge in [0.1, 0.15) is 0 Å². The summed E-state index contributed by atoms with van der Waals surface area (Å²) in [6.07, 6.45) is 1.75. The second kappa shape index (κ2) is 5.40. The molecule has 1 amide bonds. The minimum atomic E-state index is -0.525. The van der Waals surface area contributed by atoms with E-state index in [1.807, 2.05) is 0 Å². The molecule has 0 aliphatic heterocycles. The van der Waals surface area contributed by atoms with Crippen molar-refractivity contribution in [3.8, 4) is 5.69 Å². The van der Waals surface area contributed by atoms with Gasteiger partial charge in [-0.3, -0.25) is 9.59 Å². The normalized spacial score (nSPS) is 10.1. The first-order valence-corrected chi connectivity index (χ1v) is 5.91. The van der Waals surface area contributed by atoms with Crippen LogP contribution in [0.2, 0.25) is 0 Å². The van der Waals surface area contributed by atoms with Crippen molar-refractivity contribution < 1.29 is 9.59 Å². The SMILES string of the molecule is CC(=O)c1cccn1-c1cccc(C(=O)N=C(N)N)c1. The maximum absolute atomic E-state index is 11.8. The Bertz CT molecular complexity index is 697. The lowest BCUT2D eigenvalue weighted by molar-refractivity contribution is 0.0997. The Morgan fingerprint density at radius 2 is 1.90 bits per heavy atom. The predicted molar refractivity (Wildman–Crippen MR) is 75.9 cm³/mol. The molecule has 0 spiro atoms. The van der Waals surface area contributed by atoms with Crippen LogP contribution in [0.3, 0.4) is 0 Å². The van der Waals surface area contributed by atoms with Crippen LogP contribution in [0.25, 0.3) is 5.69 Å². The molecule has 0 saturated heterocycles. The van der Waals surface area contributed by atoms with Crippen LogP contribution in [0, 0.1) is 0 Å². The molecule has 6 nitrogen and oxygen atoms in total. The molecule has 102 valence electrons. The lowest BCUT2D eigenvalue weighted by Gasteiger charge is -2.08. The lowest BCUT2D eigenvalue weighted by atomic mass is 10.2. The Kier molecular flexibility index (Phi) is 3.65. The van der Waals surface area contributed by atoms with Crippen molar-refractivity contribution in [2.24, 2.45) is 16.5 Å². The summed E-state index contributed by atoms with van der Waals surface area (Å²) >= 11 is 0. The van der Waals surface area contributed by atoms with Gasteiger partial charge >= 0.3 is 0 Å². The maximum Gasteiger partial charge on any atom is 0.280 e. The van der Waals surface area contributed by atoms with Crippen LogP contribution in [0.4, 0.5) is 0 Å². The Morgan fingerprint density at radius 1 is 1.15 bits per heavy atom. The summed E-state index contributed by atoms with van der Waals surface area (Å²) < 4.78 is 1.70. The van der Waals surface area contributed by atoms with E-state index in [2.05, 4.69) is 4.99 Å². The zero-order valence-electron chi connectivity index (χ0n) is 10.9. The van der Waals surface area contributed by atoms with Gasteiger partial charge in [0.15, 0.2) is 11.7 Å². The van der Waals surface area contributed by atoms with E-state index in [1.54, 1.807) is 47.2 Å². The largest absolute Gasteiger partial charge is 0.370 e. The van der Waals surface area contributed by atoms with E-state index in [9.17, 15) is 9.59 Å². The average molecular weight is 270 g/mol. The number of hydrogen-bond acceptors (Lipinski definition) is 2. The number of guanidine groups is 1. The van der Waals surface area contributed by atoms with Crippen molar-refractivity contribution >= 4 is 17.6 Å². The minimum absolute atomic E-state index is 0.0593. The van der Waals surface area contributed by atoms with Crippen LogP contribution in [0.5, 0.6) is 0 Å². The van der Waals surface area contributed by atoms with Crippen LogP contribution in [-0.4, -0.2) is 22.2 Å². The molecule has 2 aromatic rings. The fourth-order valence-corrected chi connectivity index (χ4v) is 1.86. The Balaban J connectivity index is 2.45. The van der Waals surface area contributed by atoms with E-state index in [1.165, 1.54) is 6.92 Å². The third-order valence-corrected chi connectivity index (χ3v) is 2.71. The van der Waals surface area contributed by atoms with Crippen LogP contribution in [0.1, 0.15) is 27.8 Å². The number of Topliss-reactive ketones (excluding diaryl/α,β-unsaturated/α-hetero) is 1. The molecule has 0 aliphatic carbocycles. The third-order valence-electron chi connectivity index (χ3n) is 2.71. The highest BCUT2D eigenvalue weighted by molar-refractivity contribution is 6.02. The first-order chi connectivity index (χ1) is 9.49. The van der Waals surface area contributed by atoms with Gasteiger partial charge in [-0.15, -0.1) is 0 Å². The minimum Gasteiger partial charge on any atom is -0.370 e. The Labute approximate surface area is 115 Å². The van der Waals surface area contributed by atoms with Gasteiger partial charge in [-0.2, -0.15) is 4.99 Å². The number of nitrogens with two attached hydrogens (primary N) is 2. The quantitative estimate of drug-likeness (QED) is 0.495. The highest BCUT2D eigenvalue weighted by Crippen LogP contribution is 2.15. The number of aromatic nitrogens is 1. The highest BCUT2D eigenvalue weighted by Gasteiger charge is 2.10. The van der Waals surface area contributed by atoms with E-state index < -0.39 is 5.91 Å². The summed E-state index contributed by atoms with van der Waals surface area (Å²) in [5.74, 6) is -0.870. The van der Waals surface area contributed by atoms with Crippen molar-refractivity contribution in [3.63, 3.8) is 0 Å². The summed E-state index contributed by atoms with van der Waals surface area (Å²) in [5.41, 5.74) is 11.9. The zero-order valence-corrected chi connectivity index (χ0v) is 10.9. The van der Waals surface area contributed by atoms with E-state index >= 15 is 0 Å². The topological polar surface area (TPSA) is 103 Å². The van der Waals surface area contributed by atoms with Crippen molar-refractivity contribution in [2.45, 2.75) is 6.92 Å². The molecule has 0 saturated carbocycles. The number of rotatable bonds is 3. The molecule has 2 rings (SSSR count). The predicted octanol–water partition coefficient (Wildman–Crippen LogP) is 1.09. The van der Waals surface area contributed by atoms with Gasteiger partial charge < -0.3 is 16.0 Å². The molecule has 0 bridgehead atoms. The number of hydrogen-bond donors (Lipinski definition) is 2. The number of carbonyl (C=O) groups is 2. The average Bonchev–Trinajstić information content (AvgIpc) is 2.87. The first kappa shape index (κ1) is 13.5. The van der Waals surface area contributed by atoms with Gasteiger partial charge in [-0.05, 0) is 30.3 Å². The maximum atomic E-state index is 11.8. The molecule has 0 aliphatic rings. The molecule has 4 N–H and O–H groups in total. The Morgan fingerprint density at radius 3 is 2.55 bits per heavy atom. The number of ketones is 1. The fourth-order valence-electron chi connectivity index (χ4n) is 1.86. The number of benzene rings is 1. The monoisotopic (exact) mass is 270 g/mol. The van der Waals surface area contributed by atoms with Crippen LogP contribution in [-0.2, 0) is 0 Å². The fraction of sp³-hybridized carbons (Fsp3) is 0.0714. The second-order valence-corrected chi connectivity index (χ2v) is 4.21. The molecule has 0 unspecified atom stereocenters. The summed E-state index contributed by atoms with van der Waals surface area (Å²) in [4.78, 5) is 26.8. The van der Waals surface area contributed by atoms with Gasteiger partial charge in [0.25, 0.3) is 5.91 Å². The van der Waals surface area contributed by atoms with E-state index in [4.69, 9.17) is 11.5 Å². The summed E-state index contributed by atoms with van der Waals surface area (Å²) in [6, 6.07) is 10.2. The van der Waals surface area contributed by atoms with Gasteiger partial charge in [-0.25, -0.2) is 0 Å². The van der Waals surface area contributed by atoms with Crippen molar-refractivity contribution in [1.29, 1.82) is 0 Å². The Hall–Kier alpha value is -2.89. The van der Waals surface area contributed by atoms with Crippen LogP contribution in [0.15, 0.2) is 47.6 Å². The number of nitrogens with zero attached hydrogens (tertiary/aromatic N) is 2. The van der Waals surface area contributed by atoms with E-state index in [0.717, 1.165) is 0 Å². The number of amides is 1. The van der Waals surface area contributed by atoms with E-state index in [0.29, 0.717) is 16.9 Å².